The van der Waals surface area contributed by atoms with E-state index in [0.717, 1.165) is 25.1 Å². The van der Waals surface area contributed by atoms with Gasteiger partial charge in [0.2, 0.25) is 0 Å². The van der Waals surface area contributed by atoms with Crippen LogP contribution in [0.25, 0.3) is 0 Å². The van der Waals surface area contributed by atoms with Crippen molar-refractivity contribution in [1.82, 2.24) is 10.2 Å². The van der Waals surface area contributed by atoms with Crippen molar-refractivity contribution in [2.24, 2.45) is 5.92 Å². The first-order chi connectivity index (χ1) is 9.72. The maximum Gasteiger partial charge on any atom is 0.317 e. The van der Waals surface area contributed by atoms with E-state index in [2.05, 4.69) is 5.32 Å². The second-order valence-electron chi connectivity index (χ2n) is 5.11. The fourth-order valence-corrected chi connectivity index (χ4v) is 2.38. The summed E-state index contributed by atoms with van der Waals surface area (Å²) in [5.41, 5.74) is 1.17. The first kappa shape index (κ1) is 14.7. The first-order valence-corrected chi connectivity index (χ1v) is 6.99. The topological polar surface area (TPSA) is 61.8 Å². The summed E-state index contributed by atoms with van der Waals surface area (Å²) in [6, 6.07) is 7.81. The zero-order valence-corrected chi connectivity index (χ0v) is 11.8. The largest absolute Gasteiger partial charge is 0.497 e. The molecule has 0 aliphatic carbocycles. The number of nitrogens with zero attached hydrogens (tertiary/aromatic N) is 1. The minimum absolute atomic E-state index is 0.0329. The number of amides is 2. The second-order valence-corrected chi connectivity index (χ2v) is 5.11. The van der Waals surface area contributed by atoms with Crippen LogP contribution in [0.5, 0.6) is 5.75 Å². The highest BCUT2D eigenvalue weighted by molar-refractivity contribution is 5.74. The number of methoxy groups -OCH3 is 1. The molecule has 0 aromatic heterocycles. The maximum atomic E-state index is 11.9. The van der Waals surface area contributed by atoms with E-state index in [4.69, 9.17) is 9.84 Å². The monoisotopic (exact) mass is 278 g/mol. The Morgan fingerprint density at radius 2 is 2.20 bits per heavy atom. The van der Waals surface area contributed by atoms with Crippen molar-refractivity contribution in [2.75, 3.05) is 33.4 Å². The second kappa shape index (κ2) is 7.14. The molecule has 1 aromatic carbocycles. The molecule has 2 rings (SSSR count). The van der Waals surface area contributed by atoms with Gasteiger partial charge in [-0.2, -0.15) is 0 Å². The number of carbonyl (C=O) groups excluding carboxylic acids is 1. The van der Waals surface area contributed by atoms with Crippen LogP contribution in [0.4, 0.5) is 4.79 Å². The number of ether oxygens (including phenoxy) is 1. The summed E-state index contributed by atoms with van der Waals surface area (Å²) in [5, 5.41) is 12.0. The van der Waals surface area contributed by atoms with E-state index in [1.165, 1.54) is 5.56 Å². The van der Waals surface area contributed by atoms with Gasteiger partial charge in [0.15, 0.2) is 0 Å². The van der Waals surface area contributed by atoms with Crippen molar-refractivity contribution in [3.8, 4) is 5.75 Å². The summed E-state index contributed by atoms with van der Waals surface area (Å²) >= 11 is 0. The number of likely N-dealkylation sites (tertiary alicyclic amines) is 1. The third-order valence-corrected chi connectivity index (χ3v) is 3.68. The average Bonchev–Trinajstić information content (AvgIpc) is 2.97. The van der Waals surface area contributed by atoms with Crippen LogP contribution in [0.15, 0.2) is 24.3 Å². The SMILES string of the molecule is COc1ccc(CCNC(=O)N2CCC(CO)C2)cc1. The van der Waals surface area contributed by atoms with E-state index in [0.29, 0.717) is 13.1 Å². The van der Waals surface area contributed by atoms with Gasteiger partial charge >= 0.3 is 6.03 Å². The third-order valence-electron chi connectivity index (χ3n) is 3.68. The van der Waals surface area contributed by atoms with E-state index in [-0.39, 0.29) is 18.6 Å². The highest BCUT2D eigenvalue weighted by Gasteiger charge is 2.25. The number of benzene rings is 1. The first-order valence-electron chi connectivity index (χ1n) is 6.99. The number of rotatable bonds is 5. The number of aliphatic hydroxyl groups excluding tert-OH is 1. The Balaban J connectivity index is 1.71. The Hall–Kier alpha value is -1.75. The number of urea groups is 1. The van der Waals surface area contributed by atoms with Crippen molar-refractivity contribution < 1.29 is 14.6 Å². The number of hydrogen-bond acceptors (Lipinski definition) is 3. The molecule has 1 aliphatic heterocycles. The Morgan fingerprint density at radius 1 is 1.45 bits per heavy atom. The van der Waals surface area contributed by atoms with Crippen molar-refractivity contribution in [2.45, 2.75) is 12.8 Å². The minimum Gasteiger partial charge on any atom is -0.497 e. The third kappa shape index (κ3) is 3.87. The van der Waals surface area contributed by atoms with Crippen LogP contribution in [0.2, 0.25) is 0 Å². The molecule has 1 fully saturated rings. The molecule has 1 aromatic rings. The lowest BCUT2D eigenvalue weighted by atomic mass is 10.1. The van der Waals surface area contributed by atoms with E-state index >= 15 is 0 Å². The van der Waals surface area contributed by atoms with Crippen LogP contribution in [0, 0.1) is 5.92 Å². The molecule has 0 radical (unpaired) electrons. The van der Waals surface area contributed by atoms with E-state index < -0.39 is 0 Å². The molecule has 2 N–H and O–H groups in total. The smallest absolute Gasteiger partial charge is 0.317 e. The Kier molecular flexibility index (Phi) is 5.24. The molecule has 1 unspecified atom stereocenters. The van der Waals surface area contributed by atoms with Gasteiger partial charge in [0.1, 0.15) is 5.75 Å². The zero-order chi connectivity index (χ0) is 14.4. The van der Waals surface area contributed by atoms with Crippen LogP contribution in [-0.4, -0.2) is 49.4 Å². The molecule has 0 bridgehead atoms. The molecule has 20 heavy (non-hydrogen) atoms. The predicted molar refractivity (Wildman–Crippen MR) is 76.9 cm³/mol. The Morgan fingerprint density at radius 3 is 2.80 bits per heavy atom. The summed E-state index contributed by atoms with van der Waals surface area (Å²) in [6.45, 7) is 2.17. The minimum atomic E-state index is -0.0329. The fourth-order valence-electron chi connectivity index (χ4n) is 2.38. The highest BCUT2D eigenvalue weighted by atomic mass is 16.5. The fraction of sp³-hybridized carbons (Fsp3) is 0.533. The number of nitrogens with one attached hydrogen (secondary N) is 1. The predicted octanol–water partition coefficient (Wildman–Crippen LogP) is 1.26. The van der Waals surface area contributed by atoms with E-state index in [9.17, 15) is 4.79 Å². The Bertz CT molecular complexity index is 433. The molecule has 1 heterocycles. The Labute approximate surface area is 119 Å². The van der Waals surface area contributed by atoms with Crippen LogP contribution in [0.1, 0.15) is 12.0 Å². The van der Waals surface area contributed by atoms with Crippen LogP contribution in [-0.2, 0) is 6.42 Å². The molecule has 110 valence electrons. The summed E-state index contributed by atoms with van der Waals surface area (Å²) in [7, 11) is 1.64. The molecule has 0 spiro atoms. The van der Waals surface area contributed by atoms with Crippen molar-refractivity contribution in [3.05, 3.63) is 29.8 Å². The van der Waals surface area contributed by atoms with Gasteiger partial charge in [-0.05, 0) is 30.5 Å². The summed E-state index contributed by atoms with van der Waals surface area (Å²) < 4.78 is 5.10. The maximum absolute atomic E-state index is 11.9. The zero-order valence-electron chi connectivity index (χ0n) is 11.8. The lowest BCUT2D eigenvalue weighted by Gasteiger charge is -2.17. The molecule has 2 amide bonds. The summed E-state index contributed by atoms with van der Waals surface area (Å²) in [5.74, 6) is 1.08. The van der Waals surface area contributed by atoms with Gasteiger partial charge in [0.25, 0.3) is 0 Å². The van der Waals surface area contributed by atoms with Gasteiger partial charge in [-0.1, -0.05) is 12.1 Å². The standard InChI is InChI=1S/C15H22N2O3/c1-20-14-4-2-12(3-5-14)6-8-16-15(19)17-9-7-13(10-17)11-18/h2-5,13,18H,6-11H2,1H3,(H,16,19). The number of hydrogen-bond donors (Lipinski definition) is 2. The van der Waals surface area contributed by atoms with Gasteiger partial charge in [0, 0.05) is 32.2 Å². The lowest BCUT2D eigenvalue weighted by molar-refractivity contribution is 0.198. The van der Waals surface area contributed by atoms with Crippen LogP contribution < -0.4 is 10.1 Å². The van der Waals surface area contributed by atoms with Gasteiger partial charge < -0.3 is 20.1 Å². The summed E-state index contributed by atoms with van der Waals surface area (Å²) in [4.78, 5) is 13.7. The van der Waals surface area contributed by atoms with E-state index in [1.54, 1.807) is 12.0 Å². The molecular weight excluding hydrogens is 256 g/mol. The highest BCUT2D eigenvalue weighted by Crippen LogP contribution is 2.15. The molecule has 1 saturated heterocycles. The lowest BCUT2D eigenvalue weighted by Crippen LogP contribution is -2.39. The quantitative estimate of drug-likeness (QED) is 0.852. The number of aliphatic hydroxyl groups is 1. The van der Waals surface area contributed by atoms with E-state index in [1.807, 2.05) is 24.3 Å². The molecule has 0 saturated carbocycles. The normalized spacial score (nSPS) is 18.1. The average molecular weight is 278 g/mol. The van der Waals surface area contributed by atoms with Crippen molar-refractivity contribution in [1.29, 1.82) is 0 Å². The number of carbonyl (C=O) groups is 1. The summed E-state index contributed by atoms with van der Waals surface area (Å²) in [6.07, 6.45) is 1.69. The van der Waals surface area contributed by atoms with Crippen molar-refractivity contribution >= 4 is 6.03 Å². The molecule has 1 atom stereocenters. The molecule has 5 heteroatoms. The van der Waals surface area contributed by atoms with Gasteiger partial charge in [-0.25, -0.2) is 4.79 Å². The molecular formula is C15H22N2O3. The van der Waals surface area contributed by atoms with Gasteiger partial charge in [0.05, 0.1) is 7.11 Å². The molecule has 5 nitrogen and oxygen atoms in total. The molecule has 1 aliphatic rings. The van der Waals surface area contributed by atoms with Crippen LogP contribution in [0.3, 0.4) is 0 Å². The van der Waals surface area contributed by atoms with Gasteiger partial charge in [-0.15, -0.1) is 0 Å². The van der Waals surface area contributed by atoms with Crippen LogP contribution >= 0.6 is 0 Å². The van der Waals surface area contributed by atoms with Crippen molar-refractivity contribution in [3.63, 3.8) is 0 Å². The van der Waals surface area contributed by atoms with Gasteiger partial charge in [-0.3, -0.25) is 0 Å².